The molecule has 0 aliphatic rings. The van der Waals surface area contributed by atoms with Crippen LogP contribution < -0.4 is 5.32 Å². The first kappa shape index (κ1) is 17.6. The molecular formula is C21H22N4O. The van der Waals surface area contributed by atoms with Gasteiger partial charge in [0.1, 0.15) is 0 Å². The smallest absolute Gasteiger partial charge is 0.321 e. The van der Waals surface area contributed by atoms with E-state index in [-0.39, 0.29) is 6.03 Å². The predicted octanol–water partition coefficient (Wildman–Crippen LogP) is 4.47. The molecule has 5 nitrogen and oxygen atoms in total. The number of hydrogen-bond acceptors (Lipinski definition) is 2. The minimum absolute atomic E-state index is 0.175. The van der Waals surface area contributed by atoms with E-state index in [4.69, 9.17) is 5.26 Å². The number of para-hydroxylation sites is 1. The van der Waals surface area contributed by atoms with Crippen molar-refractivity contribution in [3.05, 3.63) is 65.9 Å². The molecule has 2 amide bonds. The van der Waals surface area contributed by atoms with Gasteiger partial charge in [0.2, 0.25) is 0 Å². The minimum atomic E-state index is -0.175. The zero-order chi connectivity index (χ0) is 18.4. The second-order valence-electron chi connectivity index (χ2n) is 6.30. The molecule has 3 rings (SSSR count). The summed E-state index contributed by atoms with van der Waals surface area (Å²) in [6.07, 6.45) is 3.04. The number of nitriles is 1. The first-order valence-electron chi connectivity index (χ1n) is 8.72. The number of hydrogen-bond donors (Lipinski definition) is 2. The molecule has 0 aliphatic heterocycles. The highest BCUT2D eigenvalue weighted by Gasteiger charge is 2.14. The molecule has 2 N–H and O–H groups in total. The van der Waals surface area contributed by atoms with Crippen molar-refractivity contribution in [2.24, 2.45) is 0 Å². The molecule has 2 aromatic carbocycles. The minimum Gasteiger partial charge on any atom is -0.361 e. The van der Waals surface area contributed by atoms with E-state index in [1.165, 1.54) is 10.9 Å². The zero-order valence-electron chi connectivity index (χ0n) is 14.8. The van der Waals surface area contributed by atoms with Crippen molar-refractivity contribution >= 4 is 22.6 Å². The molecule has 1 aromatic heterocycles. The first-order valence-corrected chi connectivity index (χ1v) is 8.72. The van der Waals surface area contributed by atoms with Gasteiger partial charge in [0.05, 0.1) is 12.5 Å². The molecule has 132 valence electrons. The van der Waals surface area contributed by atoms with Crippen LogP contribution in [-0.2, 0) is 6.42 Å². The highest BCUT2D eigenvalue weighted by atomic mass is 16.2. The summed E-state index contributed by atoms with van der Waals surface area (Å²) < 4.78 is 0. The van der Waals surface area contributed by atoms with Crippen LogP contribution in [0.1, 0.15) is 17.5 Å². The second-order valence-corrected chi connectivity index (χ2v) is 6.30. The van der Waals surface area contributed by atoms with Crippen molar-refractivity contribution in [3.8, 4) is 6.07 Å². The Morgan fingerprint density at radius 2 is 2.04 bits per heavy atom. The first-order chi connectivity index (χ1) is 12.7. The Morgan fingerprint density at radius 3 is 2.85 bits per heavy atom. The number of fused-ring (bicyclic) bond motifs is 1. The van der Waals surface area contributed by atoms with Gasteiger partial charge in [0.25, 0.3) is 0 Å². The standard InChI is InChI=1S/C21H22N4O/c1-16-6-4-7-18(14-16)24-21(26)25(12-5-11-22)13-10-17-15-23-20-9-3-2-8-19(17)20/h2-4,6-9,14-15,23H,5,10,12-13H2,1H3,(H,24,26). The lowest BCUT2D eigenvalue weighted by molar-refractivity contribution is 0.213. The molecule has 26 heavy (non-hydrogen) atoms. The van der Waals surface area contributed by atoms with Crippen LogP contribution in [0.4, 0.5) is 10.5 Å². The molecular weight excluding hydrogens is 324 g/mol. The van der Waals surface area contributed by atoms with E-state index >= 15 is 0 Å². The molecule has 0 fully saturated rings. The van der Waals surface area contributed by atoms with Gasteiger partial charge in [-0.3, -0.25) is 0 Å². The Hall–Kier alpha value is -3.26. The number of rotatable bonds is 6. The lowest BCUT2D eigenvalue weighted by atomic mass is 10.1. The average Bonchev–Trinajstić information content (AvgIpc) is 3.05. The van der Waals surface area contributed by atoms with Gasteiger partial charge in [-0.15, -0.1) is 0 Å². The normalized spacial score (nSPS) is 10.5. The molecule has 0 radical (unpaired) electrons. The van der Waals surface area contributed by atoms with Crippen molar-refractivity contribution in [1.82, 2.24) is 9.88 Å². The van der Waals surface area contributed by atoms with Crippen molar-refractivity contribution in [2.45, 2.75) is 19.8 Å². The summed E-state index contributed by atoms with van der Waals surface area (Å²) in [4.78, 5) is 17.6. The van der Waals surface area contributed by atoms with E-state index in [2.05, 4.69) is 22.4 Å². The number of aromatic nitrogens is 1. The van der Waals surface area contributed by atoms with Gasteiger partial charge in [-0.05, 0) is 42.7 Å². The van der Waals surface area contributed by atoms with Crippen LogP contribution >= 0.6 is 0 Å². The van der Waals surface area contributed by atoms with Crippen LogP contribution in [0.25, 0.3) is 10.9 Å². The maximum absolute atomic E-state index is 12.7. The maximum atomic E-state index is 12.7. The highest BCUT2D eigenvalue weighted by Crippen LogP contribution is 2.18. The molecule has 0 saturated heterocycles. The van der Waals surface area contributed by atoms with Gasteiger partial charge in [0.15, 0.2) is 0 Å². The van der Waals surface area contributed by atoms with Gasteiger partial charge >= 0.3 is 6.03 Å². The van der Waals surface area contributed by atoms with Crippen LogP contribution in [0.2, 0.25) is 0 Å². The molecule has 0 saturated carbocycles. The summed E-state index contributed by atoms with van der Waals surface area (Å²) in [7, 11) is 0. The number of aryl methyl sites for hydroxylation is 1. The van der Waals surface area contributed by atoms with E-state index in [0.717, 1.165) is 23.2 Å². The summed E-state index contributed by atoms with van der Waals surface area (Å²) in [5, 5.41) is 13.0. The number of nitrogens with zero attached hydrogens (tertiary/aromatic N) is 2. The van der Waals surface area contributed by atoms with Gasteiger partial charge in [-0.1, -0.05) is 30.3 Å². The largest absolute Gasteiger partial charge is 0.361 e. The Kier molecular flexibility index (Phi) is 5.55. The summed E-state index contributed by atoms with van der Waals surface area (Å²) in [5.74, 6) is 0. The number of amides is 2. The molecule has 0 spiro atoms. The molecule has 0 aliphatic carbocycles. The Balaban J connectivity index is 1.69. The number of carbonyl (C=O) groups is 1. The number of carbonyl (C=O) groups excluding carboxylic acids is 1. The summed E-state index contributed by atoms with van der Waals surface area (Å²) in [6.45, 7) is 2.96. The van der Waals surface area contributed by atoms with Gasteiger partial charge in [0, 0.05) is 35.9 Å². The third kappa shape index (κ3) is 4.22. The van der Waals surface area contributed by atoms with Gasteiger partial charge in [-0.2, -0.15) is 5.26 Å². The molecule has 0 unspecified atom stereocenters. The fourth-order valence-corrected chi connectivity index (χ4v) is 3.02. The zero-order valence-corrected chi connectivity index (χ0v) is 14.8. The lowest BCUT2D eigenvalue weighted by Crippen LogP contribution is -2.37. The number of aromatic amines is 1. The number of H-pyrrole nitrogens is 1. The monoisotopic (exact) mass is 346 g/mol. The second kappa shape index (κ2) is 8.21. The Bertz CT molecular complexity index is 938. The summed E-state index contributed by atoms with van der Waals surface area (Å²) in [5.41, 5.74) is 4.12. The van der Waals surface area contributed by atoms with Crippen LogP contribution in [0.5, 0.6) is 0 Å². The Morgan fingerprint density at radius 1 is 1.19 bits per heavy atom. The van der Waals surface area contributed by atoms with Crippen molar-refractivity contribution in [1.29, 1.82) is 5.26 Å². The number of anilines is 1. The quantitative estimate of drug-likeness (QED) is 0.691. The van der Waals surface area contributed by atoms with Crippen LogP contribution in [0, 0.1) is 18.3 Å². The van der Waals surface area contributed by atoms with Crippen LogP contribution in [0.3, 0.4) is 0 Å². The van der Waals surface area contributed by atoms with Crippen molar-refractivity contribution in [2.75, 3.05) is 18.4 Å². The summed E-state index contributed by atoms with van der Waals surface area (Å²) in [6, 6.07) is 17.8. The predicted molar refractivity (Wildman–Crippen MR) is 104 cm³/mol. The van der Waals surface area contributed by atoms with E-state index in [1.54, 1.807) is 4.90 Å². The van der Waals surface area contributed by atoms with Gasteiger partial charge < -0.3 is 15.2 Å². The molecule has 3 aromatic rings. The summed E-state index contributed by atoms with van der Waals surface area (Å²) >= 11 is 0. The van der Waals surface area contributed by atoms with Gasteiger partial charge in [-0.25, -0.2) is 4.79 Å². The molecule has 5 heteroatoms. The van der Waals surface area contributed by atoms with Crippen LogP contribution in [-0.4, -0.2) is 29.0 Å². The number of nitrogens with one attached hydrogen (secondary N) is 2. The highest BCUT2D eigenvalue weighted by molar-refractivity contribution is 5.89. The Labute approximate surface area is 153 Å². The number of benzene rings is 2. The third-order valence-electron chi connectivity index (χ3n) is 4.38. The molecule has 1 heterocycles. The lowest BCUT2D eigenvalue weighted by Gasteiger charge is -2.22. The average molecular weight is 346 g/mol. The van der Waals surface area contributed by atoms with Crippen LogP contribution in [0.15, 0.2) is 54.7 Å². The van der Waals surface area contributed by atoms with E-state index in [0.29, 0.717) is 19.5 Å². The van der Waals surface area contributed by atoms with E-state index in [1.807, 2.05) is 55.6 Å². The van der Waals surface area contributed by atoms with E-state index < -0.39 is 0 Å². The fourth-order valence-electron chi connectivity index (χ4n) is 3.02. The maximum Gasteiger partial charge on any atom is 0.321 e. The SMILES string of the molecule is Cc1cccc(NC(=O)N(CCC#N)CCc2c[nH]c3ccccc23)c1. The topological polar surface area (TPSA) is 71.9 Å². The molecule has 0 atom stereocenters. The fraction of sp³-hybridized carbons (Fsp3) is 0.238. The van der Waals surface area contributed by atoms with E-state index in [9.17, 15) is 4.79 Å². The number of urea groups is 1. The van der Waals surface area contributed by atoms with Crippen molar-refractivity contribution < 1.29 is 4.79 Å². The molecule has 0 bridgehead atoms. The van der Waals surface area contributed by atoms with Crippen molar-refractivity contribution in [3.63, 3.8) is 0 Å². The third-order valence-corrected chi connectivity index (χ3v) is 4.38.